The Labute approximate surface area is 76.3 Å². The van der Waals surface area contributed by atoms with Gasteiger partial charge in [-0.1, -0.05) is 7.43 Å². The van der Waals surface area contributed by atoms with Gasteiger partial charge in [0.15, 0.2) is 0 Å². The maximum absolute atomic E-state index is 3.43. The Morgan fingerprint density at radius 1 is 1.25 bits per heavy atom. The quantitative estimate of drug-likeness (QED) is 0.638. The number of hydrogen-bond donors (Lipinski definition) is 1. The largest absolute Gasteiger partial charge is 0.317 e. The summed E-state index contributed by atoms with van der Waals surface area (Å²) in [4.78, 5) is 2.61. The van der Waals surface area contributed by atoms with Crippen LogP contribution in [-0.2, 0) is 0 Å². The van der Waals surface area contributed by atoms with Crippen LogP contribution in [0.5, 0.6) is 0 Å². The van der Waals surface area contributed by atoms with E-state index in [9.17, 15) is 0 Å². The molecule has 2 rings (SSSR count). The van der Waals surface area contributed by atoms with Crippen LogP contribution in [0.2, 0.25) is 0 Å². The number of nitrogens with zero attached hydrogens (tertiary/aromatic N) is 1. The van der Waals surface area contributed by atoms with E-state index in [-0.39, 0.29) is 7.43 Å². The lowest BCUT2D eigenvalue weighted by atomic mass is 9.85. The van der Waals surface area contributed by atoms with Gasteiger partial charge in [0.2, 0.25) is 0 Å². The average Bonchev–Trinajstić information content (AvgIpc) is 2.06. The Bertz CT molecular complexity index is 136. The second kappa shape index (κ2) is 4.24. The first-order chi connectivity index (χ1) is 5.40. The summed E-state index contributed by atoms with van der Waals surface area (Å²) in [6.07, 6.45) is 4.23. The van der Waals surface area contributed by atoms with E-state index in [1.807, 2.05) is 0 Å². The highest BCUT2D eigenvalue weighted by Crippen LogP contribution is 2.25. The maximum atomic E-state index is 3.43. The van der Waals surface area contributed by atoms with Crippen molar-refractivity contribution in [3.63, 3.8) is 0 Å². The second-order valence-electron chi connectivity index (χ2n) is 3.89. The first-order valence-corrected chi connectivity index (χ1v) is 4.80. The van der Waals surface area contributed by atoms with Gasteiger partial charge in [-0.25, -0.2) is 0 Å². The molecule has 0 aromatic carbocycles. The van der Waals surface area contributed by atoms with Gasteiger partial charge in [0.1, 0.15) is 0 Å². The summed E-state index contributed by atoms with van der Waals surface area (Å²) in [7, 11) is 2.11. The van der Waals surface area contributed by atoms with Crippen LogP contribution in [0.15, 0.2) is 0 Å². The van der Waals surface area contributed by atoms with Crippen LogP contribution >= 0.6 is 0 Å². The molecule has 0 spiro atoms. The smallest absolute Gasteiger partial charge is 0.0117 e. The van der Waals surface area contributed by atoms with E-state index in [2.05, 4.69) is 17.3 Å². The summed E-state index contributed by atoms with van der Waals surface area (Å²) in [5.74, 6) is 0.947. The van der Waals surface area contributed by atoms with E-state index < -0.39 is 0 Å². The van der Waals surface area contributed by atoms with E-state index >= 15 is 0 Å². The van der Waals surface area contributed by atoms with Crippen molar-refractivity contribution in [2.75, 3.05) is 26.7 Å². The van der Waals surface area contributed by atoms with E-state index in [1.54, 1.807) is 0 Å². The number of hydrogen-bond acceptors (Lipinski definition) is 2. The van der Waals surface area contributed by atoms with Crippen LogP contribution in [0.25, 0.3) is 0 Å². The second-order valence-corrected chi connectivity index (χ2v) is 3.89. The fraction of sp³-hybridized carbons (Fsp3) is 1.00. The minimum Gasteiger partial charge on any atom is -0.317 e. The summed E-state index contributed by atoms with van der Waals surface area (Å²) in [5, 5.41) is 3.43. The zero-order valence-electron chi connectivity index (χ0n) is 7.34. The fourth-order valence-corrected chi connectivity index (χ4v) is 2.56. The molecular formula is C10H22N2. The van der Waals surface area contributed by atoms with Crippen LogP contribution in [-0.4, -0.2) is 37.6 Å². The predicted octanol–water partition coefficient (Wildman–Crippen LogP) is 1.33. The summed E-state index contributed by atoms with van der Waals surface area (Å²) >= 11 is 0. The molecule has 3 atom stereocenters. The Balaban J connectivity index is 0.000000720. The lowest BCUT2D eigenvalue weighted by Gasteiger charge is -2.42. The molecule has 0 aromatic heterocycles. The SMILES string of the molecule is C.CNC1CCN2CCCC1C2. The van der Waals surface area contributed by atoms with Crippen molar-refractivity contribution in [3.05, 3.63) is 0 Å². The highest BCUT2D eigenvalue weighted by molar-refractivity contribution is 4.87. The first kappa shape index (κ1) is 10.0. The number of nitrogens with one attached hydrogen (secondary N) is 1. The fourth-order valence-electron chi connectivity index (χ4n) is 2.56. The molecular weight excluding hydrogens is 148 g/mol. The lowest BCUT2D eigenvalue weighted by Crippen LogP contribution is -2.51. The van der Waals surface area contributed by atoms with Crippen LogP contribution in [0.4, 0.5) is 0 Å². The number of piperidine rings is 2. The summed E-state index contributed by atoms with van der Waals surface area (Å²) in [5.41, 5.74) is 0. The summed E-state index contributed by atoms with van der Waals surface area (Å²) < 4.78 is 0. The van der Waals surface area contributed by atoms with Gasteiger partial charge in [-0.15, -0.1) is 0 Å². The van der Waals surface area contributed by atoms with Crippen LogP contribution < -0.4 is 5.32 Å². The molecule has 2 saturated heterocycles. The monoisotopic (exact) mass is 170 g/mol. The van der Waals surface area contributed by atoms with Crippen LogP contribution in [0.1, 0.15) is 26.7 Å². The van der Waals surface area contributed by atoms with Crippen molar-refractivity contribution in [2.24, 2.45) is 5.92 Å². The van der Waals surface area contributed by atoms with Crippen LogP contribution in [0, 0.1) is 5.92 Å². The maximum Gasteiger partial charge on any atom is 0.0117 e. The highest BCUT2D eigenvalue weighted by Gasteiger charge is 2.30. The third-order valence-corrected chi connectivity index (χ3v) is 3.24. The van der Waals surface area contributed by atoms with Crippen molar-refractivity contribution in [1.29, 1.82) is 0 Å². The minimum absolute atomic E-state index is 0. The molecule has 0 radical (unpaired) electrons. The molecule has 0 aliphatic carbocycles. The van der Waals surface area contributed by atoms with Crippen molar-refractivity contribution in [1.82, 2.24) is 10.2 Å². The third-order valence-electron chi connectivity index (χ3n) is 3.24. The topological polar surface area (TPSA) is 15.3 Å². The van der Waals surface area contributed by atoms with Gasteiger partial charge in [0.05, 0.1) is 0 Å². The standard InChI is InChI=1S/C9H18N2.CH4/c1-10-9-4-6-11-5-2-3-8(9)7-11;/h8-10H,2-7H2,1H3;1H4. The molecule has 2 fully saturated rings. The highest BCUT2D eigenvalue weighted by atomic mass is 15.2. The average molecular weight is 170 g/mol. The Morgan fingerprint density at radius 3 is 2.83 bits per heavy atom. The summed E-state index contributed by atoms with van der Waals surface area (Å²) in [6.45, 7) is 4.03. The zero-order chi connectivity index (χ0) is 7.68. The molecule has 1 N–H and O–H groups in total. The molecule has 3 unspecified atom stereocenters. The Hall–Kier alpha value is -0.0800. The van der Waals surface area contributed by atoms with Gasteiger partial charge in [0.25, 0.3) is 0 Å². The Morgan fingerprint density at radius 2 is 2.08 bits per heavy atom. The van der Waals surface area contributed by atoms with Gasteiger partial charge >= 0.3 is 0 Å². The van der Waals surface area contributed by atoms with Crippen molar-refractivity contribution in [3.8, 4) is 0 Å². The van der Waals surface area contributed by atoms with E-state index in [0.29, 0.717) is 0 Å². The third kappa shape index (κ3) is 1.80. The molecule has 0 aromatic rings. The first-order valence-electron chi connectivity index (χ1n) is 4.80. The van der Waals surface area contributed by atoms with Gasteiger partial charge in [0, 0.05) is 12.6 Å². The molecule has 2 aliphatic heterocycles. The van der Waals surface area contributed by atoms with E-state index in [0.717, 1.165) is 12.0 Å². The van der Waals surface area contributed by atoms with Crippen molar-refractivity contribution in [2.45, 2.75) is 32.7 Å². The van der Waals surface area contributed by atoms with Gasteiger partial charge < -0.3 is 10.2 Å². The minimum atomic E-state index is 0. The number of rotatable bonds is 1. The molecule has 2 aliphatic rings. The molecule has 2 heteroatoms. The number of fused-ring (bicyclic) bond motifs is 2. The molecule has 2 heterocycles. The molecule has 72 valence electrons. The van der Waals surface area contributed by atoms with Gasteiger partial charge in [-0.05, 0) is 45.3 Å². The van der Waals surface area contributed by atoms with Crippen molar-refractivity contribution < 1.29 is 0 Å². The Kier molecular flexibility index (Phi) is 3.53. The van der Waals surface area contributed by atoms with E-state index in [4.69, 9.17) is 0 Å². The van der Waals surface area contributed by atoms with Gasteiger partial charge in [-0.3, -0.25) is 0 Å². The predicted molar refractivity (Wildman–Crippen MR) is 53.4 cm³/mol. The molecule has 2 nitrogen and oxygen atoms in total. The molecule has 2 bridgehead atoms. The van der Waals surface area contributed by atoms with Crippen molar-refractivity contribution >= 4 is 0 Å². The lowest BCUT2D eigenvalue weighted by molar-refractivity contribution is 0.0954. The summed E-state index contributed by atoms with van der Waals surface area (Å²) in [6, 6.07) is 0.812. The molecule has 12 heavy (non-hydrogen) atoms. The zero-order valence-corrected chi connectivity index (χ0v) is 7.34. The molecule has 0 amide bonds. The van der Waals surface area contributed by atoms with Gasteiger partial charge in [-0.2, -0.15) is 0 Å². The van der Waals surface area contributed by atoms with E-state index in [1.165, 1.54) is 38.9 Å². The van der Waals surface area contributed by atoms with Crippen LogP contribution in [0.3, 0.4) is 0 Å². The normalized spacial score (nSPS) is 40.2. The molecule has 0 saturated carbocycles.